The molecule has 0 saturated heterocycles. The van der Waals surface area contributed by atoms with E-state index in [9.17, 15) is 23.0 Å². The number of carbonyl (C=O) groups is 1. The van der Waals surface area contributed by atoms with Crippen LogP contribution < -0.4 is 10.8 Å². The van der Waals surface area contributed by atoms with Crippen LogP contribution in [0.15, 0.2) is 18.5 Å². The minimum absolute atomic E-state index is 0.149. The molecule has 0 aromatic carbocycles. The summed E-state index contributed by atoms with van der Waals surface area (Å²) in [5.74, 6) is -0.551. The van der Waals surface area contributed by atoms with Crippen LogP contribution in [-0.4, -0.2) is 40.7 Å². The Balaban J connectivity index is 0.000000239. The standard InChI is InChI=1S/C17H23BN2O2.C6H10F3NO/c1-3-16(4-2)6-8-17(9-7-16)14-12-5-10-19-15(12)20-11-13(14)18(21)22-17;1-2-3-5(11)10-4-6(7,8)9/h5,10-11,21H,3-4,6-9H2,1-2H3,(H,19,20);2-4H2,1H3,(H,10,11). The Hall–Kier alpha value is -2.07. The Labute approximate surface area is 192 Å². The first-order chi connectivity index (χ1) is 15.6. The van der Waals surface area contributed by atoms with Gasteiger partial charge in [-0.1, -0.05) is 33.6 Å². The Morgan fingerprint density at radius 1 is 1.24 bits per heavy atom. The average Bonchev–Trinajstić information content (AvgIpc) is 3.36. The first-order valence-corrected chi connectivity index (χ1v) is 11.7. The molecule has 2 aromatic heterocycles. The van der Waals surface area contributed by atoms with Crippen LogP contribution in [0.5, 0.6) is 0 Å². The second kappa shape index (κ2) is 10.1. The Bertz CT molecular complexity index is 949. The third-order valence-electron chi connectivity index (χ3n) is 7.26. The van der Waals surface area contributed by atoms with Crippen molar-refractivity contribution < 1.29 is 27.6 Å². The summed E-state index contributed by atoms with van der Waals surface area (Å²) in [6.45, 7) is 5.10. The van der Waals surface area contributed by atoms with Gasteiger partial charge in [0.2, 0.25) is 5.91 Å². The lowest BCUT2D eigenvalue weighted by molar-refractivity contribution is -0.138. The molecule has 1 saturated carbocycles. The van der Waals surface area contributed by atoms with Crippen LogP contribution in [0.2, 0.25) is 0 Å². The maximum absolute atomic E-state index is 11.4. The highest BCUT2D eigenvalue weighted by atomic mass is 19.4. The summed E-state index contributed by atoms with van der Waals surface area (Å²) in [6.07, 6.45) is 6.86. The van der Waals surface area contributed by atoms with Gasteiger partial charge in [0.15, 0.2) is 0 Å². The number of alkyl halides is 3. The lowest BCUT2D eigenvalue weighted by atomic mass is 9.64. The SMILES string of the molecule is CCC1(CC)CCC2(CC1)OB(O)c1cnc3[nH]ccc3c12.CCCC(=O)NCC(F)(F)F. The van der Waals surface area contributed by atoms with E-state index in [1.807, 2.05) is 6.20 Å². The number of halogens is 3. The minimum atomic E-state index is -4.30. The van der Waals surface area contributed by atoms with E-state index in [2.05, 4.69) is 29.9 Å². The molecule has 0 bridgehead atoms. The van der Waals surface area contributed by atoms with Gasteiger partial charge in [0.1, 0.15) is 12.2 Å². The molecule has 0 radical (unpaired) electrons. The molecule has 4 rings (SSSR count). The summed E-state index contributed by atoms with van der Waals surface area (Å²) in [6, 6.07) is 2.06. The Morgan fingerprint density at radius 3 is 2.48 bits per heavy atom. The van der Waals surface area contributed by atoms with E-state index >= 15 is 0 Å². The van der Waals surface area contributed by atoms with Gasteiger partial charge in [-0.2, -0.15) is 13.2 Å². The smallest absolute Gasteiger partial charge is 0.423 e. The molecule has 182 valence electrons. The molecule has 0 atom stereocenters. The predicted octanol–water partition coefficient (Wildman–Crippen LogP) is 4.32. The lowest BCUT2D eigenvalue weighted by Gasteiger charge is -2.45. The van der Waals surface area contributed by atoms with Crippen molar-refractivity contribution >= 4 is 29.5 Å². The van der Waals surface area contributed by atoms with Gasteiger partial charge in [0.25, 0.3) is 0 Å². The second-order valence-corrected chi connectivity index (χ2v) is 9.14. The van der Waals surface area contributed by atoms with Crippen LogP contribution in [0.3, 0.4) is 0 Å². The monoisotopic (exact) mass is 467 g/mol. The van der Waals surface area contributed by atoms with Gasteiger partial charge in [-0.05, 0) is 49.1 Å². The zero-order chi connectivity index (χ0) is 24.3. The molecule has 1 amide bonds. The number of hydrogen-bond acceptors (Lipinski definition) is 4. The van der Waals surface area contributed by atoms with E-state index in [4.69, 9.17) is 4.65 Å². The molecule has 33 heavy (non-hydrogen) atoms. The zero-order valence-corrected chi connectivity index (χ0v) is 19.5. The van der Waals surface area contributed by atoms with Crippen LogP contribution >= 0.6 is 0 Å². The van der Waals surface area contributed by atoms with Gasteiger partial charge in [-0.3, -0.25) is 4.79 Å². The summed E-state index contributed by atoms with van der Waals surface area (Å²) >= 11 is 0. The van der Waals surface area contributed by atoms with Crippen LogP contribution in [0.25, 0.3) is 11.0 Å². The van der Waals surface area contributed by atoms with E-state index in [1.54, 1.807) is 18.4 Å². The van der Waals surface area contributed by atoms with Crippen LogP contribution in [0.4, 0.5) is 13.2 Å². The normalized spacial score (nSPS) is 18.7. The fourth-order valence-electron chi connectivity index (χ4n) is 5.08. The number of nitrogens with one attached hydrogen (secondary N) is 2. The third kappa shape index (κ3) is 5.54. The summed E-state index contributed by atoms with van der Waals surface area (Å²) in [7, 11) is -0.836. The molecule has 10 heteroatoms. The number of amides is 1. The molecular weight excluding hydrogens is 434 g/mol. The quantitative estimate of drug-likeness (QED) is 0.572. The van der Waals surface area contributed by atoms with Crippen LogP contribution in [-0.2, 0) is 15.0 Å². The number of aromatic amines is 1. The molecule has 2 aromatic rings. The van der Waals surface area contributed by atoms with Crippen molar-refractivity contribution in [1.29, 1.82) is 0 Å². The molecule has 0 unspecified atom stereocenters. The summed E-state index contributed by atoms with van der Waals surface area (Å²) in [5, 5.41) is 13.2. The number of fused-ring (bicyclic) bond motifs is 4. The van der Waals surface area contributed by atoms with Gasteiger partial charge in [-0.15, -0.1) is 0 Å². The molecule has 1 aliphatic heterocycles. The Morgan fingerprint density at radius 2 is 1.91 bits per heavy atom. The summed E-state index contributed by atoms with van der Waals surface area (Å²) in [4.78, 5) is 18.1. The lowest BCUT2D eigenvalue weighted by Crippen LogP contribution is -2.38. The maximum Gasteiger partial charge on any atom is 0.493 e. The van der Waals surface area contributed by atoms with Crippen molar-refractivity contribution in [2.24, 2.45) is 5.41 Å². The number of aromatic nitrogens is 2. The van der Waals surface area contributed by atoms with Gasteiger partial charge >= 0.3 is 13.3 Å². The number of nitrogens with zero attached hydrogens (tertiary/aromatic N) is 1. The van der Waals surface area contributed by atoms with Gasteiger partial charge in [0.05, 0.1) is 5.60 Å². The number of rotatable bonds is 5. The molecule has 3 heterocycles. The third-order valence-corrected chi connectivity index (χ3v) is 7.26. The topological polar surface area (TPSA) is 87.2 Å². The van der Waals surface area contributed by atoms with Crippen molar-refractivity contribution in [3.8, 4) is 0 Å². The highest BCUT2D eigenvalue weighted by Crippen LogP contribution is 2.53. The zero-order valence-electron chi connectivity index (χ0n) is 19.5. The first-order valence-electron chi connectivity index (χ1n) is 11.7. The molecule has 1 aliphatic carbocycles. The van der Waals surface area contributed by atoms with Gasteiger partial charge in [0, 0.05) is 29.7 Å². The fraction of sp³-hybridized carbons (Fsp3) is 0.652. The highest BCUT2D eigenvalue weighted by Gasteiger charge is 2.52. The molecule has 3 N–H and O–H groups in total. The summed E-state index contributed by atoms with van der Waals surface area (Å²) < 4.78 is 40.4. The van der Waals surface area contributed by atoms with Crippen molar-refractivity contribution in [3.05, 3.63) is 24.0 Å². The second-order valence-electron chi connectivity index (χ2n) is 9.14. The largest absolute Gasteiger partial charge is 0.493 e. The van der Waals surface area contributed by atoms with E-state index in [0.717, 1.165) is 29.3 Å². The summed E-state index contributed by atoms with van der Waals surface area (Å²) in [5.41, 5.74) is 3.04. The number of H-pyrrole nitrogens is 1. The highest BCUT2D eigenvalue weighted by molar-refractivity contribution is 6.62. The average molecular weight is 467 g/mol. The van der Waals surface area contributed by atoms with Crippen molar-refractivity contribution in [3.63, 3.8) is 0 Å². The molecule has 1 fully saturated rings. The fourth-order valence-corrected chi connectivity index (χ4v) is 5.08. The van der Waals surface area contributed by atoms with E-state index < -0.39 is 25.7 Å². The molecule has 6 nitrogen and oxygen atoms in total. The Kier molecular flexibility index (Phi) is 7.78. The van der Waals surface area contributed by atoms with Crippen LogP contribution in [0.1, 0.15) is 77.7 Å². The van der Waals surface area contributed by atoms with Crippen LogP contribution in [0, 0.1) is 5.41 Å². The first kappa shape index (κ1) is 25.6. The van der Waals surface area contributed by atoms with E-state index in [-0.39, 0.29) is 12.0 Å². The van der Waals surface area contributed by atoms with Gasteiger partial charge < -0.3 is 20.0 Å². The van der Waals surface area contributed by atoms with Crippen molar-refractivity contribution in [1.82, 2.24) is 15.3 Å². The van der Waals surface area contributed by atoms with Crippen molar-refractivity contribution in [2.45, 2.75) is 83.9 Å². The molecule has 1 spiro atoms. The molecule has 2 aliphatic rings. The van der Waals surface area contributed by atoms with Crippen molar-refractivity contribution in [2.75, 3.05) is 6.54 Å². The maximum atomic E-state index is 11.4. The minimum Gasteiger partial charge on any atom is -0.423 e. The molecular formula is C23H33BF3N3O3. The number of pyridine rings is 1. The van der Waals surface area contributed by atoms with Gasteiger partial charge in [-0.25, -0.2) is 4.98 Å². The predicted molar refractivity (Wildman–Crippen MR) is 122 cm³/mol. The number of hydrogen-bond donors (Lipinski definition) is 3. The number of carbonyl (C=O) groups excluding carboxylic acids is 1. The van der Waals surface area contributed by atoms with E-state index in [1.165, 1.54) is 31.2 Å². The van der Waals surface area contributed by atoms with E-state index in [0.29, 0.717) is 11.8 Å².